The van der Waals surface area contributed by atoms with Crippen LogP contribution in [-0.4, -0.2) is 21.9 Å². The molecule has 0 unspecified atom stereocenters. The van der Waals surface area contributed by atoms with Gasteiger partial charge in [-0.25, -0.2) is 4.98 Å². The zero-order chi connectivity index (χ0) is 18.3. The molecule has 1 aromatic heterocycles. The van der Waals surface area contributed by atoms with Gasteiger partial charge < -0.3 is 10.1 Å². The number of nitrogens with zero attached hydrogens (tertiary/aromatic N) is 2. The van der Waals surface area contributed by atoms with Gasteiger partial charge in [-0.15, -0.1) is 0 Å². The Bertz CT molecular complexity index is 1030. The van der Waals surface area contributed by atoms with Crippen molar-refractivity contribution in [2.24, 2.45) is 0 Å². The Hall–Kier alpha value is -3.08. The Morgan fingerprint density at radius 1 is 1.23 bits per heavy atom. The highest BCUT2D eigenvalue weighted by Gasteiger charge is 2.32. The number of imidazole rings is 1. The number of hydrogen-bond acceptors (Lipinski definition) is 4. The van der Waals surface area contributed by atoms with E-state index >= 15 is 0 Å². The van der Waals surface area contributed by atoms with Gasteiger partial charge in [0.15, 0.2) is 5.78 Å². The first-order valence-electron chi connectivity index (χ1n) is 8.78. The van der Waals surface area contributed by atoms with Gasteiger partial charge in [-0.2, -0.15) is 0 Å². The average molecular weight is 347 g/mol. The molecule has 0 radical (unpaired) electrons. The van der Waals surface area contributed by atoms with Crippen molar-refractivity contribution in [2.75, 3.05) is 11.9 Å². The smallest absolute Gasteiger partial charge is 0.209 e. The van der Waals surface area contributed by atoms with Crippen molar-refractivity contribution in [1.82, 2.24) is 9.55 Å². The number of ether oxygens (including phenoxy) is 1. The van der Waals surface area contributed by atoms with Crippen molar-refractivity contribution >= 4 is 22.8 Å². The fraction of sp³-hybridized carbons (Fsp3) is 0.238. The highest BCUT2D eigenvalue weighted by atomic mass is 16.5. The average Bonchev–Trinajstić information content (AvgIpc) is 2.98. The maximum atomic E-state index is 12.5. The molecular weight excluding hydrogens is 326 g/mol. The van der Waals surface area contributed by atoms with Crippen LogP contribution < -0.4 is 10.1 Å². The lowest BCUT2D eigenvalue weighted by Crippen LogP contribution is -2.27. The van der Waals surface area contributed by atoms with Crippen LogP contribution in [-0.2, 0) is 4.79 Å². The number of para-hydroxylation sites is 2. The highest BCUT2D eigenvalue weighted by molar-refractivity contribution is 5.97. The summed E-state index contributed by atoms with van der Waals surface area (Å²) in [6.45, 7) is 6.11. The molecule has 132 valence electrons. The molecule has 0 amide bonds. The van der Waals surface area contributed by atoms with Crippen LogP contribution in [0.4, 0.5) is 5.95 Å². The van der Waals surface area contributed by atoms with Gasteiger partial charge in [0.1, 0.15) is 5.75 Å². The van der Waals surface area contributed by atoms with E-state index in [1.54, 1.807) is 6.92 Å². The number of nitrogens with one attached hydrogen (secondary N) is 1. The number of anilines is 1. The Morgan fingerprint density at radius 3 is 2.81 bits per heavy atom. The van der Waals surface area contributed by atoms with E-state index < -0.39 is 0 Å². The predicted molar refractivity (Wildman–Crippen MR) is 102 cm³/mol. The third-order valence-electron chi connectivity index (χ3n) is 4.69. The molecule has 0 saturated carbocycles. The highest BCUT2D eigenvalue weighted by Crippen LogP contribution is 2.40. The van der Waals surface area contributed by atoms with E-state index in [1.807, 2.05) is 62.4 Å². The number of rotatable bonds is 4. The summed E-state index contributed by atoms with van der Waals surface area (Å²) in [7, 11) is 0. The normalized spacial score (nSPS) is 16.3. The molecule has 0 bridgehead atoms. The number of allylic oxidation sites excluding steroid dienone is 2. The molecule has 1 N–H and O–H groups in total. The van der Waals surface area contributed by atoms with Crippen LogP contribution in [0.2, 0.25) is 0 Å². The van der Waals surface area contributed by atoms with Crippen molar-refractivity contribution < 1.29 is 9.53 Å². The van der Waals surface area contributed by atoms with E-state index in [0.717, 1.165) is 39.6 Å². The van der Waals surface area contributed by atoms with Crippen LogP contribution in [0, 0.1) is 0 Å². The molecule has 0 saturated heterocycles. The lowest BCUT2D eigenvalue weighted by atomic mass is 9.92. The second kappa shape index (κ2) is 6.33. The van der Waals surface area contributed by atoms with Crippen molar-refractivity contribution in [1.29, 1.82) is 0 Å². The lowest BCUT2D eigenvalue weighted by Gasteiger charge is -2.30. The molecular formula is C21H21N3O2. The number of aromatic nitrogens is 2. The standard InChI is InChI=1S/C21H21N3O2/c1-4-26-16-9-7-8-15(12-16)20-19(14(3)25)13(2)22-21-23-17-10-5-6-11-18(17)24(20)21/h5-12,20H,4H2,1-3H3,(H,22,23)/t20-/m0/s1. The summed E-state index contributed by atoms with van der Waals surface area (Å²) < 4.78 is 7.78. The number of ketones is 1. The summed E-state index contributed by atoms with van der Waals surface area (Å²) in [5.74, 6) is 1.60. The Balaban J connectivity index is 1.98. The molecule has 2 heterocycles. The van der Waals surface area contributed by atoms with E-state index in [-0.39, 0.29) is 11.8 Å². The number of benzene rings is 2. The van der Waals surface area contributed by atoms with Gasteiger partial charge in [0.25, 0.3) is 0 Å². The van der Waals surface area contributed by atoms with Gasteiger partial charge in [-0.05, 0) is 50.6 Å². The van der Waals surface area contributed by atoms with Gasteiger partial charge in [0.2, 0.25) is 5.95 Å². The zero-order valence-corrected chi connectivity index (χ0v) is 15.1. The van der Waals surface area contributed by atoms with E-state index in [4.69, 9.17) is 9.72 Å². The summed E-state index contributed by atoms with van der Waals surface area (Å²) >= 11 is 0. The van der Waals surface area contributed by atoms with Gasteiger partial charge in [-0.3, -0.25) is 9.36 Å². The van der Waals surface area contributed by atoms with E-state index in [1.165, 1.54) is 0 Å². The molecule has 1 atom stereocenters. The summed E-state index contributed by atoms with van der Waals surface area (Å²) in [4.78, 5) is 17.2. The molecule has 1 aliphatic rings. The van der Waals surface area contributed by atoms with Crippen LogP contribution in [0.15, 0.2) is 59.8 Å². The van der Waals surface area contributed by atoms with Crippen molar-refractivity contribution in [2.45, 2.75) is 26.8 Å². The quantitative estimate of drug-likeness (QED) is 0.764. The minimum atomic E-state index is -0.239. The second-order valence-corrected chi connectivity index (χ2v) is 6.42. The summed E-state index contributed by atoms with van der Waals surface area (Å²) in [6, 6.07) is 15.7. The maximum absolute atomic E-state index is 12.5. The van der Waals surface area contributed by atoms with Gasteiger partial charge in [0.05, 0.1) is 23.7 Å². The van der Waals surface area contributed by atoms with Crippen molar-refractivity contribution in [3.05, 3.63) is 65.4 Å². The fourth-order valence-electron chi connectivity index (χ4n) is 3.68. The Kier molecular flexibility index (Phi) is 3.99. The third-order valence-corrected chi connectivity index (χ3v) is 4.69. The first-order chi connectivity index (χ1) is 12.6. The van der Waals surface area contributed by atoms with E-state index in [0.29, 0.717) is 6.61 Å². The third kappa shape index (κ3) is 2.56. The Morgan fingerprint density at radius 2 is 2.04 bits per heavy atom. The molecule has 4 rings (SSSR count). The van der Waals surface area contributed by atoms with Gasteiger partial charge in [0, 0.05) is 11.3 Å². The molecule has 1 aliphatic heterocycles. The minimum Gasteiger partial charge on any atom is -0.494 e. The molecule has 26 heavy (non-hydrogen) atoms. The van der Waals surface area contributed by atoms with Crippen molar-refractivity contribution in [3.8, 4) is 5.75 Å². The number of carbonyl (C=O) groups is 1. The fourth-order valence-corrected chi connectivity index (χ4v) is 3.68. The van der Waals surface area contributed by atoms with Crippen LogP contribution in [0.25, 0.3) is 11.0 Å². The van der Waals surface area contributed by atoms with Crippen molar-refractivity contribution in [3.63, 3.8) is 0 Å². The molecule has 0 fully saturated rings. The second-order valence-electron chi connectivity index (χ2n) is 6.42. The van der Waals surface area contributed by atoms with E-state index in [9.17, 15) is 4.79 Å². The molecule has 0 aliphatic carbocycles. The molecule has 5 nitrogen and oxygen atoms in total. The number of carbonyl (C=O) groups excluding carboxylic acids is 1. The summed E-state index contributed by atoms with van der Waals surface area (Å²) in [5, 5.41) is 3.30. The monoisotopic (exact) mass is 347 g/mol. The van der Waals surface area contributed by atoms with Crippen LogP contribution >= 0.6 is 0 Å². The first-order valence-corrected chi connectivity index (χ1v) is 8.78. The SMILES string of the molecule is CCOc1cccc([C@H]2C(C(C)=O)=C(C)Nc3nc4ccccc4n32)c1. The minimum absolute atomic E-state index is 0.0465. The Labute approximate surface area is 152 Å². The topological polar surface area (TPSA) is 56.1 Å². The zero-order valence-electron chi connectivity index (χ0n) is 15.1. The van der Waals surface area contributed by atoms with Crippen LogP contribution in [0.1, 0.15) is 32.4 Å². The summed E-state index contributed by atoms with van der Waals surface area (Å²) in [5.41, 5.74) is 4.49. The molecule has 5 heteroatoms. The van der Waals surface area contributed by atoms with Gasteiger partial charge in [-0.1, -0.05) is 24.3 Å². The number of Topliss-reactive ketones (excluding diaryl/α,β-unsaturated/α-hetero) is 1. The molecule has 0 spiro atoms. The van der Waals surface area contributed by atoms with Gasteiger partial charge >= 0.3 is 0 Å². The van der Waals surface area contributed by atoms with E-state index in [2.05, 4.69) is 9.88 Å². The van der Waals surface area contributed by atoms with Crippen LogP contribution in [0.3, 0.4) is 0 Å². The van der Waals surface area contributed by atoms with Crippen LogP contribution in [0.5, 0.6) is 5.75 Å². The molecule has 3 aromatic rings. The largest absolute Gasteiger partial charge is 0.494 e. The number of fused-ring (bicyclic) bond motifs is 3. The first kappa shape index (κ1) is 16.4. The summed E-state index contributed by atoms with van der Waals surface area (Å²) in [6.07, 6.45) is 0. The maximum Gasteiger partial charge on any atom is 0.209 e. The molecule has 2 aromatic carbocycles. The number of hydrogen-bond donors (Lipinski definition) is 1. The predicted octanol–water partition coefficient (Wildman–Crippen LogP) is 4.31. The lowest BCUT2D eigenvalue weighted by molar-refractivity contribution is -0.114.